The lowest BCUT2D eigenvalue weighted by Gasteiger charge is -2.19. The summed E-state index contributed by atoms with van der Waals surface area (Å²) in [6.45, 7) is 4.06. The Labute approximate surface area is 221 Å². The van der Waals surface area contributed by atoms with Crippen molar-refractivity contribution < 1.29 is 32.9 Å². The maximum Gasteiger partial charge on any atom is 0.305 e. The minimum absolute atomic E-state index is 0.0658. The number of aliphatic hydroxyl groups excluding tert-OH is 2. The van der Waals surface area contributed by atoms with Gasteiger partial charge in [-0.2, -0.15) is 0 Å². The summed E-state index contributed by atoms with van der Waals surface area (Å²) in [5, 5.41) is 32.2. The molecule has 0 aliphatic heterocycles. The number of hydrogen-bond donors (Lipinski definition) is 4. The average molecular weight is 548 g/mol. The molecular formula is C27H34FN3O6S. The van der Waals surface area contributed by atoms with Crippen LogP contribution in [-0.4, -0.2) is 57.3 Å². The Balaban J connectivity index is 1.85. The Bertz CT molecular complexity index is 1310. The second-order valence-corrected chi connectivity index (χ2v) is 11.5. The van der Waals surface area contributed by atoms with E-state index in [0.29, 0.717) is 23.5 Å². The molecule has 0 amide bonds. The third kappa shape index (κ3) is 7.94. The number of carboxylic acid groups (broad SMARTS) is 1. The van der Waals surface area contributed by atoms with Crippen molar-refractivity contribution >= 4 is 15.8 Å². The van der Waals surface area contributed by atoms with Gasteiger partial charge in [-0.25, -0.2) is 17.8 Å². The molecule has 0 saturated heterocycles. The van der Waals surface area contributed by atoms with Gasteiger partial charge in [0.15, 0.2) is 9.84 Å². The summed E-state index contributed by atoms with van der Waals surface area (Å²) in [4.78, 5) is 15.8. The van der Waals surface area contributed by atoms with Crippen LogP contribution in [0.1, 0.15) is 50.7 Å². The van der Waals surface area contributed by atoms with Gasteiger partial charge in [0.1, 0.15) is 17.5 Å². The fourth-order valence-electron chi connectivity index (χ4n) is 4.36. The molecule has 9 nitrogen and oxygen atoms in total. The molecule has 0 bridgehead atoms. The van der Waals surface area contributed by atoms with E-state index in [0.717, 1.165) is 5.69 Å². The van der Waals surface area contributed by atoms with Crippen LogP contribution in [0.2, 0.25) is 0 Å². The van der Waals surface area contributed by atoms with Crippen molar-refractivity contribution in [1.29, 1.82) is 0 Å². The molecule has 38 heavy (non-hydrogen) atoms. The standard InChI is InChI=1S/C27H34FN3O6S/c1-18(2)31-24(13-12-21(32)14-22(33)15-26(34)35)27(19-8-10-20(28)11-9-19)30-25(31)16-29-17-38(36,37)23-6-4-3-5-7-23/h3-11,18,21-22,29,32-33H,12-17H2,1-2H3,(H,34,35)/t21-,22-/m1/s1. The summed E-state index contributed by atoms with van der Waals surface area (Å²) in [6, 6.07) is 13.9. The lowest BCUT2D eigenvalue weighted by molar-refractivity contribution is -0.139. The number of nitrogens with zero attached hydrogens (tertiary/aromatic N) is 2. The summed E-state index contributed by atoms with van der Waals surface area (Å²) in [5.41, 5.74) is 2.01. The van der Waals surface area contributed by atoms with Gasteiger partial charge in [-0.3, -0.25) is 10.1 Å². The number of aromatic nitrogens is 2. The van der Waals surface area contributed by atoms with Crippen LogP contribution in [0.25, 0.3) is 11.3 Å². The predicted molar refractivity (Wildman–Crippen MR) is 141 cm³/mol. The number of rotatable bonds is 14. The molecule has 1 heterocycles. The lowest BCUT2D eigenvalue weighted by Crippen LogP contribution is -2.25. The molecule has 11 heteroatoms. The van der Waals surface area contributed by atoms with Crippen LogP contribution in [0.3, 0.4) is 0 Å². The van der Waals surface area contributed by atoms with E-state index in [9.17, 15) is 27.8 Å². The minimum atomic E-state index is -3.55. The molecule has 2 atom stereocenters. The minimum Gasteiger partial charge on any atom is -0.481 e. The SMILES string of the molecule is CC(C)n1c(CNCS(=O)(=O)c2ccccc2)nc(-c2ccc(F)cc2)c1CC[C@@H](O)C[C@@H](O)CC(=O)O. The number of nitrogens with one attached hydrogen (secondary N) is 1. The van der Waals surface area contributed by atoms with Crippen molar-refractivity contribution in [3.63, 3.8) is 0 Å². The summed E-state index contributed by atoms with van der Waals surface area (Å²) < 4.78 is 40.9. The first-order chi connectivity index (χ1) is 18.0. The molecular weight excluding hydrogens is 513 g/mol. The van der Waals surface area contributed by atoms with E-state index < -0.39 is 40.3 Å². The second-order valence-electron chi connectivity index (χ2n) is 9.47. The van der Waals surface area contributed by atoms with Crippen molar-refractivity contribution in [2.45, 2.75) is 69.2 Å². The molecule has 206 valence electrons. The van der Waals surface area contributed by atoms with Gasteiger partial charge >= 0.3 is 5.97 Å². The maximum absolute atomic E-state index is 13.6. The zero-order valence-electron chi connectivity index (χ0n) is 21.4. The highest BCUT2D eigenvalue weighted by Gasteiger charge is 2.23. The average Bonchev–Trinajstić information content (AvgIpc) is 3.21. The molecule has 0 aliphatic carbocycles. The van der Waals surface area contributed by atoms with Gasteiger partial charge < -0.3 is 19.9 Å². The number of benzene rings is 2. The number of carbonyl (C=O) groups is 1. The number of sulfone groups is 1. The normalized spacial score (nSPS) is 13.5. The van der Waals surface area contributed by atoms with E-state index in [4.69, 9.17) is 10.1 Å². The molecule has 3 rings (SSSR count). The number of imidazole rings is 1. The maximum atomic E-state index is 13.6. The highest BCUT2D eigenvalue weighted by Crippen LogP contribution is 2.29. The zero-order valence-corrected chi connectivity index (χ0v) is 22.2. The fourth-order valence-corrected chi connectivity index (χ4v) is 5.47. The molecule has 0 fully saturated rings. The van der Waals surface area contributed by atoms with E-state index in [-0.39, 0.29) is 36.2 Å². The number of halogens is 1. The number of aliphatic carboxylic acids is 1. The monoisotopic (exact) mass is 547 g/mol. The molecule has 0 saturated carbocycles. The van der Waals surface area contributed by atoms with Gasteiger partial charge in [-0.1, -0.05) is 18.2 Å². The van der Waals surface area contributed by atoms with Gasteiger partial charge in [0, 0.05) is 17.3 Å². The van der Waals surface area contributed by atoms with Gasteiger partial charge in [0.25, 0.3) is 0 Å². The van der Waals surface area contributed by atoms with Crippen molar-refractivity contribution in [1.82, 2.24) is 14.9 Å². The highest BCUT2D eigenvalue weighted by molar-refractivity contribution is 7.91. The van der Waals surface area contributed by atoms with Crippen molar-refractivity contribution in [3.05, 3.63) is 71.9 Å². The van der Waals surface area contributed by atoms with Crippen LogP contribution in [0.4, 0.5) is 4.39 Å². The van der Waals surface area contributed by atoms with Crippen LogP contribution in [0, 0.1) is 5.82 Å². The van der Waals surface area contributed by atoms with Crippen LogP contribution in [0.5, 0.6) is 0 Å². The lowest BCUT2D eigenvalue weighted by atomic mass is 10.0. The summed E-state index contributed by atoms with van der Waals surface area (Å²) in [5.74, 6) is -1.25. The van der Waals surface area contributed by atoms with Crippen molar-refractivity contribution in [3.8, 4) is 11.3 Å². The Morgan fingerprint density at radius 2 is 1.71 bits per heavy atom. The number of aliphatic hydroxyl groups is 2. The third-order valence-electron chi connectivity index (χ3n) is 6.06. The fraction of sp³-hybridized carbons (Fsp3) is 0.407. The number of hydrogen-bond acceptors (Lipinski definition) is 7. The molecule has 0 aliphatic rings. The second kappa shape index (κ2) is 13.1. The summed E-state index contributed by atoms with van der Waals surface area (Å²) >= 11 is 0. The quantitative estimate of drug-likeness (QED) is 0.241. The zero-order chi connectivity index (χ0) is 27.9. The molecule has 3 aromatic rings. The van der Waals surface area contributed by atoms with Gasteiger partial charge in [0.2, 0.25) is 0 Å². The van der Waals surface area contributed by atoms with E-state index in [2.05, 4.69) is 5.32 Å². The molecule has 0 spiro atoms. The first-order valence-corrected chi connectivity index (χ1v) is 14.1. The van der Waals surface area contributed by atoms with Gasteiger partial charge in [0.05, 0.1) is 35.8 Å². The first kappa shape index (κ1) is 29.4. The van der Waals surface area contributed by atoms with Gasteiger partial charge in [-0.05, 0) is 69.5 Å². The van der Waals surface area contributed by atoms with Crippen LogP contribution < -0.4 is 5.32 Å². The van der Waals surface area contributed by atoms with Crippen molar-refractivity contribution in [2.75, 3.05) is 5.88 Å². The van der Waals surface area contributed by atoms with Crippen LogP contribution >= 0.6 is 0 Å². The van der Waals surface area contributed by atoms with Crippen molar-refractivity contribution in [2.24, 2.45) is 0 Å². The Morgan fingerprint density at radius 1 is 1.05 bits per heavy atom. The van der Waals surface area contributed by atoms with E-state index >= 15 is 0 Å². The first-order valence-electron chi connectivity index (χ1n) is 12.4. The van der Waals surface area contributed by atoms with Gasteiger partial charge in [-0.15, -0.1) is 0 Å². The molecule has 0 unspecified atom stereocenters. The predicted octanol–water partition coefficient (Wildman–Crippen LogP) is 3.31. The number of carboxylic acids is 1. The van der Waals surface area contributed by atoms with E-state index in [1.807, 2.05) is 18.4 Å². The Kier molecular flexibility index (Phi) is 10.1. The molecule has 1 aromatic heterocycles. The molecule has 0 radical (unpaired) electrons. The Morgan fingerprint density at radius 3 is 2.32 bits per heavy atom. The highest BCUT2D eigenvalue weighted by atomic mass is 32.2. The summed E-state index contributed by atoms with van der Waals surface area (Å²) in [7, 11) is -3.55. The summed E-state index contributed by atoms with van der Waals surface area (Å²) in [6.07, 6.45) is -2.07. The largest absolute Gasteiger partial charge is 0.481 e. The molecule has 4 N–H and O–H groups in total. The smallest absolute Gasteiger partial charge is 0.305 e. The topological polar surface area (TPSA) is 142 Å². The molecule has 2 aromatic carbocycles. The van der Waals surface area contributed by atoms with E-state index in [1.165, 1.54) is 24.3 Å². The Hall–Kier alpha value is -3.12. The van der Waals surface area contributed by atoms with E-state index in [1.54, 1.807) is 30.3 Å². The van der Waals surface area contributed by atoms with Crippen LogP contribution in [0.15, 0.2) is 59.5 Å². The van der Waals surface area contributed by atoms with Crippen LogP contribution in [-0.2, 0) is 27.6 Å². The third-order valence-corrected chi connectivity index (χ3v) is 7.64.